The smallest absolute Gasteiger partial charge is 0.411 e. The van der Waals surface area contributed by atoms with Crippen molar-refractivity contribution in [3.05, 3.63) is 42.1 Å². The van der Waals surface area contributed by atoms with Gasteiger partial charge in [0.15, 0.2) is 0 Å². The Labute approximate surface area is 150 Å². The number of nitrogens with one attached hydrogen (secondary N) is 2. The summed E-state index contributed by atoms with van der Waals surface area (Å²) in [6.45, 7) is 15.1. The predicted molar refractivity (Wildman–Crippen MR) is 101 cm³/mol. The highest BCUT2D eigenvalue weighted by Gasteiger charge is 2.22. The van der Waals surface area contributed by atoms with E-state index in [2.05, 4.69) is 17.2 Å². The maximum absolute atomic E-state index is 12.4. The van der Waals surface area contributed by atoms with Gasteiger partial charge in [-0.3, -0.25) is 10.1 Å². The molecule has 0 radical (unpaired) electrons. The first-order valence-electron chi connectivity index (χ1n) is 8.53. The van der Waals surface area contributed by atoms with Crippen LogP contribution in [0.25, 0.3) is 0 Å². The number of amides is 2. The van der Waals surface area contributed by atoms with Crippen molar-refractivity contribution >= 4 is 17.7 Å². The molecule has 25 heavy (non-hydrogen) atoms. The minimum Gasteiger partial charge on any atom is -0.444 e. The largest absolute Gasteiger partial charge is 0.444 e. The fraction of sp³-hybridized carbons (Fsp3) is 0.500. The minimum absolute atomic E-state index is 0.0212. The molecule has 0 aromatic heterocycles. The van der Waals surface area contributed by atoms with E-state index in [1.54, 1.807) is 20.8 Å². The summed E-state index contributed by atoms with van der Waals surface area (Å²) in [5.74, 6) is -0.257. The fourth-order valence-corrected chi connectivity index (χ4v) is 2.22. The topological polar surface area (TPSA) is 67.4 Å². The van der Waals surface area contributed by atoms with Crippen LogP contribution in [0.15, 0.2) is 36.5 Å². The van der Waals surface area contributed by atoms with Gasteiger partial charge in [-0.05, 0) is 52.2 Å². The molecule has 0 saturated carbocycles. The average Bonchev–Trinajstić information content (AvgIpc) is 2.46. The second kappa shape index (κ2) is 8.70. The van der Waals surface area contributed by atoms with Crippen molar-refractivity contribution in [2.75, 3.05) is 5.32 Å². The van der Waals surface area contributed by atoms with Crippen LogP contribution in [0.2, 0.25) is 0 Å². The number of carbonyl (C=O) groups excluding carboxylic acids is 2. The van der Waals surface area contributed by atoms with Crippen molar-refractivity contribution in [3.8, 4) is 0 Å². The number of allylic oxidation sites excluding steroid dienone is 1. The Hall–Kier alpha value is -2.30. The van der Waals surface area contributed by atoms with Crippen LogP contribution < -0.4 is 10.6 Å². The average molecular weight is 346 g/mol. The molecule has 0 spiro atoms. The molecule has 0 heterocycles. The molecular weight excluding hydrogens is 316 g/mol. The predicted octanol–water partition coefficient (Wildman–Crippen LogP) is 4.63. The molecule has 0 aliphatic rings. The molecule has 2 atom stereocenters. The van der Waals surface area contributed by atoms with Gasteiger partial charge in [0.1, 0.15) is 5.60 Å². The third kappa shape index (κ3) is 7.88. The molecule has 0 aliphatic carbocycles. The van der Waals surface area contributed by atoms with E-state index in [1.807, 2.05) is 45.0 Å². The van der Waals surface area contributed by atoms with Crippen molar-refractivity contribution in [1.29, 1.82) is 0 Å². The highest BCUT2D eigenvalue weighted by Crippen LogP contribution is 2.20. The lowest BCUT2D eigenvalue weighted by molar-refractivity contribution is -0.120. The quantitative estimate of drug-likeness (QED) is 0.789. The number of rotatable bonds is 6. The number of alkyl carbamates (subject to hydrolysis) is 1. The van der Waals surface area contributed by atoms with Crippen molar-refractivity contribution in [1.82, 2.24) is 5.32 Å². The molecule has 2 amide bonds. The molecule has 1 aromatic carbocycles. The van der Waals surface area contributed by atoms with Gasteiger partial charge >= 0.3 is 6.09 Å². The Balaban J connectivity index is 2.50. The van der Waals surface area contributed by atoms with Gasteiger partial charge in [0, 0.05) is 17.3 Å². The van der Waals surface area contributed by atoms with Crippen LogP contribution in [0.3, 0.4) is 0 Å². The molecule has 2 N–H and O–H groups in total. The molecule has 0 bridgehead atoms. The Morgan fingerprint density at radius 3 is 2.24 bits per heavy atom. The number of hydrogen-bond acceptors (Lipinski definition) is 3. The molecule has 0 fully saturated rings. The van der Waals surface area contributed by atoms with Gasteiger partial charge in [-0.2, -0.15) is 0 Å². The molecule has 1 rings (SSSR count). The Morgan fingerprint density at radius 2 is 1.72 bits per heavy atom. The van der Waals surface area contributed by atoms with Crippen molar-refractivity contribution in [2.45, 2.75) is 53.6 Å². The third-order valence-corrected chi connectivity index (χ3v) is 3.83. The highest BCUT2D eigenvalue weighted by molar-refractivity contribution is 5.92. The molecule has 1 aromatic rings. The molecule has 138 valence electrons. The summed E-state index contributed by atoms with van der Waals surface area (Å²) in [6.07, 6.45) is -0.0247. The van der Waals surface area contributed by atoms with E-state index >= 15 is 0 Å². The van der Waals surface area contributed by atoms with E-state index in [4.69, 9.17) is 4.74 Å². The number of carbonyl (C=O) groups is 2. The van der Waals surface area contributed by atoms with E-state index in [1.165, 1.54) is 0 Å². The third-order valence-electron chi connectivity index (χ3n) is 3.83. The highest BCUT2D eigenvalue weighted by atomic mass is 16.6. The summed E-state index contributed by atoms with van der Waals surface area (Å²) in [5.41, 5.74) is 1.90. The fourth-order valence-electron chi connectivity index (χ4n) is 2.22. The number of benzene rings is 1. The van der Waals surface area contributed by atoms with Crippen LogP contribution in [0.4, 0.5) is 10.5 Å². The summed E-state index contributed by atoms with van der Waals surface area (Å²) in [6, 6.07) is 7.67. The molecule has 2 unspecified atom stereocenters. The second-order valence-corrected chi connectivity index (χ2v) is 7.56. The van der Waals surface area contributed by atoms with Crippen LogP contribution in [-0.4, -0.2) is 17.6 Å². The first-order valence-corrected chi connectivity index (χ1v) is 8.53. The van der Waals surface area contributed by atoms with E-state index < -0.39 is 11.7 Å². The maximum Gasteiger partial charge on any atom is 0.411 e. The zero-order valence-electron chi connectivity index (χ0n) is 16.1. The lowest BCUT2D eigenvalue weighted by Crippen LogP contribution is -2.33. The number of anilines is 1. The van der Waals surface area contributed by atoms with Gasteiger partial charge < -0.3 is 10.1 Å². The lowest BCUT2D eigenvalue weighted by Gasteiger charge is -2.23. The van der Waals surface area contributed by atoms with Crippen LogP contribution in [0.1, 0.15) is 46.6 Å². The summed E-state index contributed by atoms with van der Waals surface area (Å²) in [4.78, 5) is 24.1. The van der Waals surface area contributed by atoms with Crippen LogP contribution in [-0.2, 0) is 9.53 Å². The van der Waals surface area contributed by atoms with E-state index in [9.17, 15) is 9.59 Å². The van der Waals surface area contributed by atoms with Crippen LogP contribution in [0.5, 0.6) is 0 Å². The Morgan fingerprint density at radius 1 is 1.16 bits per heavy atom. The Bertz CT molecular complexity index is 615. The standard InChI is InChI=1S/C20H30N2O3/c1-13-8-10-17(11-9-13)22-18(23)16(4)14(2)12-15(3)21-19(24)25-20(5,6)7/h8-11,14,16H,3,12H2,1-2,4-7H3,(H,21,24)(H,22,23). The summed E-state index contributed by atoms with van der Waals surface area (Å²) >= 11 is 0. The Kier molecular flexibility index (Phi) is 7.22. The number of ether oxygens (including phenoxy) is 1. The minimum atomic E-state index is -0.558. The maximum atomic E-state index is 12.4. The van der Waals surface area contributed by atoms with E-state index in [0.717, 1.165) is 11.3 Å². The molecule has 5 nitrogen and oxygen atoms in total. The van der Waals surface area contributed by atoms with Crippen molar-refractivity contribution in [3.63, 3.8) is 0 Å². The lowest BCUT2D eigenvalue weighted by atomic mass is 9.91. The SMILES string of the molecule is C=C(CC(C)C(C)C(=O)Nc1ccc(C)cc1)NC(=O)OC(C)(C)C. The van der Waals surface area contributed by atoms with Gasteiger partial charge in [-0.25, -0.2) is 4.79 Å². The monoisotopic (exact) mass is 346 g/mol. The van der Waals surface area contributed by atoms with Crippen molar-refractivity contribution in [2.24, 2.45) is 11.8 Å². The zero-order valence-corrected chi connectivity index (χ0v) is 16.1. The van der Waals surface area contributed by atoms with Gasteiger partial charge in [0.05, 0.1) is 0 Å². The zero-order chi connectivity index (χ0) is 19.2. The van der Waals surface area contributed by atoms with Crippen molar-refractivity contribution < 1.29 is 14.3 Å². The van der Waals surface area contributed by atoms with E-state index in [0.29, 0.717) is 12.1 Å². The number of hydrogen-bond donors (Lipinski definition) is 2. The number of aryl methyl sites for hydroxylation is 1. The van der Waals surface area contributed by atoms with Gasteiger partial charge in [0.2, 0.25) is 5.91 Å². The van der Waals surface area contributed by atoms with Crippen LogP contribution >= 0.6 is 0 Å². The van der Waals surface area contributed by atoms with Crippen LogP contribution in [0, 0.1) is 18.8 Å². The first-order chi connectivity index (χ1) is 11.5. The van der Waals surface area contributed by atoms with E-state index in [-0.39, 0.29) is 17.7 Å². The molecular formula is C20H30N2O3. The molecule has 5 heteroatoms. The van der Waals surface area contributed by atoms with Gasteiger partial charge in [-0.15, -0.1) is 0 Å². The summed E-state index contributed by atoms with van der Waals surface area (Å²) in [7, 11) is 0. The van der Waals surface area contributed by atoms with Gasteiger partial charge in [0.25, 0.3) is 0 Å². The summed E-state index contributed by atoms with van der Waals surface area (Å²) < 4.78 is 5.20. The van der Waals surface area contributed by atoms with Gasteiger partial charge in [-0.1, -0.05) is 38.1 Å². The summed E-state index contributed by atoms with van der Waals surface area (Å²) in [5, 5.41) is 5.54. The second-order valence-electron chi connectivity index (χ2n) is 7.56. The first kappa shape index (κ1) is 20.7. The molecule has 0 saturated heterocycles. The molecule has 0 aliphatic heterocycles. The normalized spacial score (nSPS) is 13.5.